The molecule has 0 aromatic carbocycles. The smallest absolute Gasteiger partial charge is 0.384 e. The average molecular weight is 195 g/mol. The minimum absolute atomic E-state index is 0.396. The van der Waals surface area contributed by atoms with E-state index in [0.717, 1.165) is 0 Å². The molecule has 2 N–H and O–H groups in total. The molecule has 0 aliphatic rings. The normalized spacial score (nSPS) is 6.21. The van der Waals surface area contributed by atoms with Gasteiger partial charge in [0.05, 0.1) is 6.61 Å². The summed E-state index contributed by atoms with van der Waals surface area (Å²) in [4.78, 5) is 19.9. The van der Waals surface area contributed by atoms with Crippen molar-refractivity contribution in [2.75, 3.05) is 6.61 Å². The lowest BCUT2D eigenvalue weighted by Crippen LogP contribution is -2.05. The van der Waals surface area contributed by atoms with E-state index in [-0.39, 0.29) is 0 Å². The molecular formula is C10H13NO3. The second-order valence-electron chi connectivity index (χ2n) is 1.83. The molecule has 0 bridgehead atoms. The van der Waals surface area contributed by atoms with E-state index in [9.17, 15) is 9.59 Å². The maximum absolute atomic E-state index is 10.2. The van der Waals surface area contributed by atoms with Crippen LogP contribution in [-0.2, 0) is 14.3 Å². The number of ether oxygens (including phenoxy) is 1. The van der Waals surface area contributed by atoms with Gasteiger partial charge in [-0.25, -0.2) is 4.79 Å². The minimum atomic E-state index is -0.572. The topological polar surface area (TPSA) is 69.4 Å². The Labute approximate surface area is 83.8 Å². The Morgan fingerprint density at radius 3 is 1.93 bits per heavy atom. The van der Waals surface area contributed by atoms with E-state index in [4.69, 9.17) is 0 Å². The minimum Gasteiger partial charge on any atom is -0.456 e. The zero-order chi connectivity index (χ0) is 11.4. The molecule has 0 aromatic rings. The number of carbonyl (C=O) groups excluding carboxylic acids is 2. The van der Waals surface area contributed by atoms with E-state index < -0.39 is 11.9 Å². The van der Waals surface area contributed by atoms with Gasteiger partial charge in [0, 0.05) is 5.92 Å². The zero-order valence-electron chi connectivity index (χ0n) is 8.51. The van der Waals surface area contributed by atoms with Gasteiger partial charge < -0.3 is 10.5 Å². The number of nitrogens with two attached hydrogens (primary N) is 1. The van der Waals surface area contributed by atoms with Crippen molar-refractivity contribution in [2.45, 2.75) is 20.8 Å². The van der Waals surface area contributed by atoms with Gasteiger partial charge >= 0.3 is 5.97 Å². The van der Waals surface area contributed by atoms with Crippen LogP contribution in [0.4, 0.5) is 0 Å². The van der Waals surface area contributed by atoms with Crippen molar-refractivity contribution in [1.82, 2.24) is 0 Å². The van der Waals surface area contributed by atoms with Crippen LogP contribution in [0.15, 0.2) is 0 Å². The Morgan fingerprint density at radius 2 is 1.71 bits per heavy atom. The molecule has 0 fully saturated rings. The summed E-state index contributed by atoms with van der Waals surface area (Å²) in [6.07, 6.45) is 0. The highest BCUT2D eigenvalue weighted by atomic mass is 16.5. The fourth-order valence-corrected chi connectivity index (χ4v) is 0.392. The number of hydrogen-bond donors (Lipinski definition) is 1. The maximum atomic E-state index is 10.2. The van der Waals surface area contributed by atoms with Crippen LogP contribution in [0.3, 0.4) is 0 Å². The maximum Gasteiger partial charge on any atom is 0.384 e. The lowest BCUT2D eigenvalue weighted by Gasteiger charge is -1.89. The molecule has 0 saturated heterocycles. The number of amides is 1. The molecule has 0 heterocycles. The van der Waals surface area contributed by atoms with Crippen LogP contribution < -0.4 is 5.73 Å². The summed E-state index contributed by atoms with van der Waals surface area (Å²) >= 11 is 0. The van der Waals surface area contributed by atoms with E-state index in [1.807, 2.05) is 0 Å². The Morgan fingerprint density at radius 1 is 1.21 bits per heavy atom. The Balaban J connectivity index is 0. The lowest BCUT2D eigenvalue weighted by atomic mass is 10.6. The number of esters is 1. The Kier molecular flexibility index (Phi) is 11.5. The van der Waals surface area contributed by atoms with Crippen molar-refractivity contribution in [3.8, 4) is 23.7 Å². The number of rotatable bonds is 1. The zero-order valence-corrected chi connectivity index (χ0v) is 8.51. The van der Waals surface area contributed by atoms with Gasteiger partial charge in [0.25, 0.3) is 5.91 Å². The fraction of sp³-hybridized carbons (Fsp3) is 0.400. The molecule has 4 heteroatoms. The third-order valence-corrected chi connectivity index (χ3v) is 0.751. The summed E-state index contributed by atoms with van der Waals surface area (Å²) < 4.78 is 4.47. The molecule has 0 rings (SSSR count). The predicted octanol–water partition coefficient (Wildman–Crippen LogP) is 0.0678. The summed E-state index contributed by atoms with van der Waals surface area (Å²) in [5, 5.41) is 0. The van der Waals surface area contributed by atoms with Crippen molar-refractivity contribution in [2.24, 2.45) is 5.73 Å². The monoisotopic (exact) mass is 195 g/mol. The van der Waals surface area contributed by atoms with Crippen molar-refractivity contribution < 1.29 is 14.3 Å². The second kappa shape index (κ2) is 11.1. The first-order valence-electron chi connectivity index (χ1n) is 3.90. The summed E-state index contributed by atoms with van der Waals surface area (Å²) in [5.41, 5.74) is 4.59. The molecule has 0 radical (unpaired) electrons. The fourth-order valence-electron chi connectivity index (χ4n) is 0.392. The highest BCUT2D eigenvalue weighted by molar-refractivity contribution is 5.91. The summed E-state index contributed by atoms with van der Waals surface area (Å²) in [7, 11) is 0. The van der Waals surface area contributed by atoms with Crippen molar-refractivity contribution in [3.05, 3.63) is 0 Å². The first-order chi connectivity index (χ1) is 6.58. The third-order valence-electron chi connectivity index (χ3n) is 0.751. The quantitative estimate of drug-likeness (QED) is 0.365. The van der Waals surface area contributed by atoms with Crippen molar-refractivity contribution in [3.63, 3.8) is 0 Å². The molecule has 0 aliphatic carbocycles. The van der Waals surface area contributed by atoms with Gasteiger partial charge in [0.1, 0.15) is 0 Å². The predicted molar refractivity (Wildman–Crippen MR) is 52.7 cm³/mol. The van der Waals surface area contributed by atoms with E-state index in [1.165, 1.54) is 0 Å². The van der Waals surface area contributed by atoms with Gasteiger partial charge in [0.2, 0.25) is 0 Å². The second-order valence-corrected chi connectivity index (χ2v) is 1.83. The molecule has 14 heavy (non-hydrogen) atoms. The molecular weight excluding hydrogens is 182 g/mol. The van der Waals surface area contributed by atoms with Gasteiger partial charge in [-0.1, -0.05) is 11.8 Å². The highest BCUT2D eigenvalue weighted by Gasteiger charge is 1.88. The molecule has 0 saturated carbocycles. The van der Waals surface area contributed by atoms with E-state index in [2.05, 4.69) is 34.2 Å². The number of primary amides is 1. The average Bonchev–Trinajstić information content (AvgIpc) is 2.05. The lowest BCUT2D eigenvalue weighted by molar-refractivity contribution is -0.136. The first kappa shape index (κ1) is 14.6. The first-order valence-corrected chi connectivity index (χ1v) is 3.90. The molecule has 0 aliphatic heterocycles. The Bertz CT molecular complexity index is 299. The van der Waals surface area contributed by atoms with E-state index >= 15 is 0 Å². The van der Waals surface area contributed by atoms with E-state index in [1.54, 1.807) is 20.8 Å². The molecule has 0 unspecified atom stereocenters. The van der Waals surface area contributed by atoms with Gasteiger partial charge in [-0.15, -0.1) is 0 Å². The molecule has 4 nitrogen and oxygen atoms in total. The SMILES string of the molecule is CC#CC(=O)OCC.CC#CC(N)=O. The third kappa shape index (κ3) is 16.6. The summed E-state index contributed by atoms with van der Waals surface area (Å²) in [5.74, 6) is 8.08. The van der Waals surface area contributed by atoms with Crippen LogP contribution in [0.2, 0.25) is 0 Å². The van der Waals surface area contributed by atoms with Crippen molar-refractivity contribution >= 4 is 11.9 Å². The standard InChI is InChI=1S/C6H8O2.C4H5NO/c1-3-5-6(7)8-4-2;1-2-3-4(5)6/h4H2,1-2H3;1H3,(H2,5,6). The van der Waals surface area contributed by atoms with Gasteiger partial charge in [-0.2, -0.15) is 0 Å². The number of hydrogen-bond acceptors (Lipinski definition) is 3. The van der Waals surface area contributed by atoms with Gasteiger partial charge in [-0.05, 0) is 26.7 Å². The van der Waals surface area contributed by atoms with Crippen LogP contribution in [0, 0.1) is 23.7 Å². The highest BCUT2D eigenvalue weighted by Crippen LogP contribution is 1.71. The molecule has 0 spiro atoms. The van der Waals surface area contributed by atoms with Crippen molar-refractivity contribution in [1.29, 1.82) is 0 Å². The molecule has 76 valence electrons. The molecule has 0 atom stereocenters. The van der Waals surface area contributed by atoms with Gasteiger partial charge in [-0.3, -0.25) is 4.79 Å². The molecule has 0 aromatic heterocycles. The van der Waals surface area contributed by atoms with E-state index in [0.29, 0.717) is 6.61 Å². The summed E-state index contributed by atoms with van der Waals surface area (Å²) in [6.45, 7) is 5.30. The Hall–Kier alpha value is -1.94. The largest absolute Gasteiger partial charge is 0.456 e. The van der Waals surface area contributed by atoms with Crippen LogP contribution in [0.25, 0.3) is 0 Å². The van der Waals surface area contributed by atoms with Crippen LogP contribution in [0.1, 0.15) is 20.8 Å². The van der Waals surface area contributed by atoms with Crippen LogP contribution >= 0.6 is 0 Å². The summed E-state index contributed by atoms with van der Waals surface area (Å²) in [6, 6.07) is 0. The van der Waals surface area contributed by atoms with Crippen LogP contribution in [-0.4, -0.2) is 18.5 Å². The molecule has 1 amide bonds. The van der Waals surface area contributed by atoms with Gasteiger partial charge in [0.15, 0.2) is 0 Å². The van der Waals surface area contributed by atoms with Crippen LogP contribution in [0.5, 0.6) is 0 Å². The number of carbonyl (C=O) groups is 2.